The molecule has 0 aliphatic carbocycles. The fraction of sp³-hybridized carbons (Fsp3) is 0. The third kappa shape index (κ3) is 1.69. The summed E-state index contributed by atoms with van der Waals surface area (Å²) in [7, 11) is 0. The molecule has 0 spiro atoms. The SMILES string of the molecule is O=[N+]([O-])c1cn[nH]c1-c1ccccc1Cl. The number of nitro groups is 1. The molecule has 2 aromatic rings. The number of aromatic amines is 1. The number of hydrogen-bond acceptors (Lipinski definition) is 3. The van der Waals surface area contributed by atoms with Crippen molar-refractivity contribution >= 4 is 17.3 Å². The molecule has 1 heterocycles. The second-order valence-electron chi connectivity index (χ2n) is 2.87. The van der Waals surface area contributed by atoms with Gasteiger partial charge in [-0.3, -0.25) is 15.2 Å². The Morgan fingerprint density at radius 2 is 2.13 bits per heavy atom. The van der Waals surface area contributed by atoms with E-state index < -0.39 is 4.92 Å². The van der Waals surface area contributed by atoms with Crippen molar-refractivity contribution in [2.24, 2.45) is 0 Å². The van der Waals surface area contributed by atoms with E-state index in [2.05, 4.69) is 10.2 Å². The van der Waals surface area contributed by atoms with Crippen LogP contribution < -0.4 is 0 Å². The molecule has 0 aliphatic rings. The molecule has 0 saturated carbocycles. The first-order valence-electron chi connectivity index (χ1n) is 4.13. The summed E-state index contributed by atoms with van der Waals surface area (Å²) in [4.78, 5) is 10.2. The summed E-state index contributed by atoms with van der Waals surface area (Å²) in [6, 6.07) is 6.88. The highest BCUT2D eigenvalue weighted by atomic mass is 35.5. The van der Waals surface area contributed by atoms with Crippen molar-refractivity contribution in [3.8, 4) is 11.3 Å². The van der Waals surface area contributed by atoms with Crippen molar-refractivity contribution in [1.82, 2.24) is 10.2 Å². The molecule has 2 rings (SSSR count). The van der Waals surface area contributed by atoms with Crippen molar-refractivity contribution in [3.63, 3.8) is 0 Å². The van der Waals surface area contributed by atoms with Crippen LogP contribution in [-0.4, -0.2) is 15.1 Å². The lowest BCUT2D eigenvalue weighted by atomic mass is 10.1. The first-order chi connectivity index (χ1) is 7.20. The fourth-order valence-corrected chi connectivity index (χ4v) is 1.51. The highest BCUT2D eigenvalue weighted by Gasteiger charge is 2.19. The van der Waals surface area contributed by atoms with Gasteiger partial charge in [0, 0.05) is 5.56 Å². The summed E-state index contributed by atoms with van der Waals surface area (Å²) >= 11 is 5.92. The number of hydrogen-bond donors (Lipinski definition) is 1. The van der Waals surface area contributed by atoms with Gasteiger partial charge in [-0.1, -0.05) is 29.8 Å². The highest BCUT2D eigenvalue weighted by molar-refractivity contribution is 6.33. The van der Waals surface area contributed by atoms with Crippen molar-refractivity contribution in [2.75, 3.05) is 0 Å². The van der Waals surface area contributed by atoms with Gasteiger partial charge in [-0.05, 0) is 6.07 Å². The second-order valence-corrected chi connectivity index (χ2v) is 3.27. The zero-order valence-corrected chi connectivity index (χ0v) is 8.23. The lowest BCUT2D eigenvalue weighted by Gasteiger charge is -1.99. The predicted molar refractivity (Wildman–Crippen MR) is 55.7 cm³/mol. The molecule has 1 N–H and O–H groups in total. The summed E-state index contributed by atoms with van der Waals surface area (Å²) in [6.45, 7) is 0. The molecular formula is C9H6ClN3O2. The van der Waals surface area contributed by atoms with Gasteiger partial charge in [-0.2, -0.15) is 5.10 Å². The van der Waals surface area contributed by atoms with E-state index in [9.17, 15) is 10.1 Å². The molecule has 0 radical (unpaired) electrons. The topological polar surface area (TPSA) is 71.8 Å². The number of benzene rings is 1. The van der Waals surface area contributed by atoms with E-state index in [1.807, 2.05) is 0 Å². The maximum absolute atomic E-state index is 10.7. The fourth-order valence-electron chi connectivity index (χ4n) is 1.28. The smallest absolute Gasteiger partial charge is 0.271 e. The van der Waals surface area contributed by atoms with Crippen molar-refractivity contribution in [1.29, 1.82) is 0 Å². The van der Waals surface area contributed by atoms with E-state index in [4.69, 9.17) is 11.6 Å². The Bertz CT molecular complexity index is 510. The Labute approximate surface area is 89.8 Å². The van der Waals surface area contributed by atoms with Crippen LogP contribution in [0.25, 0.3) is 11.3 Å². The molecule has 15 heavy (non-hydrogen) atoms. The largest absolute Gasteiger partial charge is 0.314 e. The summed E-state index contributed by atoms with van der Waals surface area (Å²) < 4.78 is 0. The van der Waals surface area contributed by atoms with Crippen molar-refractivity contribution in [2.45, 2.75) is 0 Å². The lowest BCUT2D eigenvalue weighted by Crippen LogP contribution is -1.89. The molecule has 1 aromatic carbocycles. The van der Waals surface area contributed by atoms with E-state index in [1.54, 1.807) is 24.3 Å². The van der Waals surface area contributed by atoms with Crippen molar-refractivity contribution in [3.05, 3.63) is 45.6 Å². The summed E-state index contributed by atoms with van der Waals surface area (Å²) in [5.41, 5.74) is 0.817. The molecule has 76 valence electrons. The van der Waals surface area contributed by atoms with Crippen LogP contribution in [0.15, 0.2) is 30.5 Å². The van der Waals surface area contributed by atoms with Crippen molar-refractivity contribution < 1.29 is 4.92 Å². The van der Waals surface area contributed by atoms with Crippen LogP contribution in [0.5, 0.6) is 0 Å². The molecule has 0 fully saturated rings. The van der Waals surface area contributed by atoms with E-state index in [0.717, 1.165) is 0 Å². The number of halogens is 1. The Hall–Kier alpha value is -1.88. The highest BCUT2D eigenvalue weighted by Crippen LogP contribution is 2.31. The molecular weight excluding hydrogens is 218 g/mol. The third-order valence-electron chi connectivity index (χ3n) is 1.96. The van der Waals surface area contributed by atoms with Gasteiger partial charge in [0.25, 0.3) is 0 Å². The summed E-state index contributed by atoms with van der Waals surface area (Å²) in [6.07, 6.45) is 1.17. The Balaban J connectivity index is 2.59. The quantitative estimate of drug-likeness (QED) is 0.628. The van der Waals surface area contributed by atoms with Crippen LogP contribution in [0.1, 0.15) is 0 Å². The molecule has 0 bridgehead atoms. The first-order valence-corrected chi connectivity index (χ1v) is 4.50. The molecule has 0 amide bonds. The van der Waals surface area contributed by atoms with Gasteiger partial charge >= 0.3 is 5.69 Å². The Morgan fingerprint density at radius 1 is 1.40 bits per heavy atom. The van der Waals surface area contributed by atoms with Gasteiger partial charge in [-0.15, -0.1) is 0 Å². The zero-order chi connectivity index (χ0) is 10.8. The maximum atomic E-state index is 10.7. The van der Waals surface area contributed by atoms with Gasteiger partial charge in [0.1, 0.15) is 11.9 Å². The second kappa shape index (κ2) is 3.70. The molecule has 0 unspecified atom stereocenters. The van der Waals surface area contributed by atoms with Crippen LogP contribution in [0.2, 0.25) is 5.02 Å². The van der Waals surface area contributed by atoms with Crippen LogP contribution in [0.3, 0.4) is 0 Å². The molecule has 1 aromatic heterocycles. The third-order valence-corrected chi connectivity index (χ3v) is 2.29. The minimum Gasteiger partial charge on any atom is -0.271 e. The maximum Gasteiger partial charge on any atom is 0.314 e. The monoisotopic (exact) mass is 223 g/mol. The Kier molecular flexibility index (Phi) is 2.39. The number of aromatic nitrogens is 2. The van der Waals surface area contributed by atoms with Gasteiger partial charge in [0.15, 0.2) is 0 Å². The molecule has 5 nitrogen and oxygen atoms in total. The number of nitrogens with one attached hydrogen (secondary N) is 1. The number of H-pyrrole nitrogens is 1. The number of rotatable bonds is 2. The average Bonchev–Trinajstić information content (AvgIpc) is 2.67. The molecule has 6 heteroatoms. The van der Waals surface area contributed by atoms with Gasteiger partial charge in [0.2, 0.25) is 0 Å². The minimum absolute atomic E-state index is 0.0805. The normalized spacial score (nSPS) is 10.2. The van der Waals surface area contributed by atoms with Crippen LogP contribution in [0, 0.1) is 10.1 Å². The van der Waals surface area contributed by atoms with Crippen LogP contribution in [-0.2, 0) is 0 Å². The van der Waals surface area contributed by atoms with Gasteiger partial charge < -0.3 is 0 Å². The average molecular weight is 224 g/mol. The van der Waals surface area contributed by atoms with Gasteiger partial charge in [0.05, 0.1) is 9.95 Å². The molecule has 0 saturated heterocycles. The van der Waals surface area contributed by atoms with Crippen LogP contribution in [0.4, 0.5) is 5.69 Å². The molecule has 0 aliphatic heterocycles. The number of nitrogens with zero attached hydrogens (tertiary/aromatic N) is 2. The van der Waals surface area contributed by atoms with E-state index in [-0.39, 0.29) is 5.69 Å². The summed E-state index contributed by atoms with van der Waals surface area (Å²) in [5, 5.41) is 17.3. The van der Waals surface area contributed by atoms with E-state index in [0.29, 0.717) is 16.3 Å². The van der Waals surface area contributed by atoms with Crippen LogP contribution >= 0.6 is 11.6 Å². The summed E-state index contributed by atoms with van der Waals surface area (Å²) in [5.74, 6) is 0. The first kappa shape index (κ1) is 9.67. The molecule has 0 atom stereocenters. The predicted octanol–water partition coefficient (Wildman–Crippen LogP) is 2.64. The van der Waals surface area contributed by atoms with Gasteiger partial charge in [-0.25, -0.2) is 0 Å². The van der Waals surface area contributed by atoms with E-state index in [1.165, 1.54) is 6.20 Å². The lowest BCUT2D eigenvalue weighted by molar-refractivity contribution is -0.384. The standard InChI is InChI=1S/C9H6ClN3O2/c10-7-4-2-1-3-6(7)9-8(13(14)15)5-11-12-9/h1-5H,(H,11,12). The zero-order valence-electron chi connectivity index (χ0n) is 7.48. The van der Waals surface area contributed by atoms with E-state index >= 15 is 0 Å². The minimum atomic E-state index is -0.498. The Morgan fingerprint density at radius 3 is 2.80 bits per heavy atom.